The molecule has 0 N–H and O–H groups in total. The van der Waals surface area contributed by atoms with E-state index in [4.69, 9.17) is 0 Å². The first kappa shape index (κ1) is 9.46. The van der Waals surface area contributed by atoms with Crippen molar-refractivity contribution in [2.45, 2.75) is 23.7 Å². The maximum atomic E-state index is 2.47. The average Bonchev–Trinajstić information content (AvgIpc) is 1.83. The van der Waals surface area contributed by atoms with E-state index in [2.05, 4.69) is 58.5 Å². The third-order valence-electron chi connectivity index (χ3n) is 0.859. The second-order valence-electron chi connectivity index (χ2n) is 1.69. The minimum Gasteiger partial charge on any atom is -0.0852 e. The zero-order chi connectivity index (χ0) is 6.41. The van der Waals surface area contributed by atoms with E-state index in [0.29, 0.717) is 0 Å². The van der Waals surface area contributed by atoms with Gasteiger partial charge in [-0.15, -0.1) is 0 Å². The second-order valence-corrected chi connectivity index (χ2v) is 4.18. The quantitative estimate of drug-likeness (QED) is 0.546. The highest BCUT2D eigenvalue weighted by Crippen LogP contribution is 2.11. The molecular formula is C6H11I2. The summed E-state index contributed by atoms with van der Waals surface area (Å²) in [5.74, 6) is 0. The first-order chi connectivity index (χ1) is 3.81. The second kappa shape index (κ2) is 6.58. The van der Waals surface area contributed by atoms with Crippen LogP contribution in [-0.2, 0) is 0 Å². The summed E-state index contributed by atoms with van der Waals surface area (Å²) in [6.45, 7) is 2.22. The molecule has 0 aliphatic carbocycles. The Morgan fingerprint density at radius 3 is 2.62 bits per heavy atom. The molecule has 0 aromatic heterocycles. The zero-order valence-electron chi connectivity index (χ0n) is 5.03. The van der Waals surface area contributed by atoms with Gasteiger partial charge >= 0.3 is 0 Å². The summed E-state index contributed by atoms with van der Waals surface area (Å²) < 4.78 is 2.03. The smallest absolute Gasteiger partial charge is 0.0230 e. The zero-order valence-corrected chi connectivity index (χ0v) is 9.35. The van der Waals surface area contributed by atoms with Gasteiger partial charge in [-0.1, -0.05) is 58.5 Å². The summed E-state index contributed by atoms with van der Waals surface area (Å²) in [5, 5.41) is 0. The Kier molecular flexibility index (Phi) is 7.78. The van der Waals surface area contributed by atoms with Crippen LogP contribution in [-0.4, -0.2) is 8.35 Å². The Hall–Kier alpha value is 1.46. The normalized spacial score (nSPS) is 13.9. The van der Waals surface area contributed by atoms with Gasteiger partial charge in [-0.25, -0.2) is 0 Å². The first-order valence-electron chi connectivity index (χ1n) is 2.84. The lowest BCUT2D eigenvalue weighted by Crippen LogP contribution is -1.97. The number of hydrogen-bond donors (Lipinski definition) is 0. The van der Waals surface area contributed by atoms with Crippen LogP contribution in [0.3, 0.4) is 0 Å². The van der Waals surface area contributed by atoms with Crippen molar-refractivity contribution < 1.29 is 0 Å². The standard InChI is InChI=1S/C6H11I2/c1-2-3-4-6(8)5-7/h4,6H,2-3,5H2,1H3. The third-order valence-corrected chi connectivity index (χ3v) is 4.44. The van der Waals surface area contributed by atoms with Gasteiger partial charge in [0.25, 0.3) is 0 Å². The fraction of sp³-hybridized carbons (Fsp3) is 0.833. The molecule has 0 heterocycles. The van der Waals surface area contributed by atoms with Crippen molar-refractivity contribution in [1.29, 1.82) is 0 Å². The van der Waals surface area contributed by atoms with Gasteiger partial charge in [0.2, 0.25) is 0 Å². The van der Waals surface area contributed by atoms with E-state index in [1.807, 2.05) is 0 Å². The van der Waals surface area contributed by atoms with Crippen LogP contribution in [0, 0.1) is 6.42 Å². The topological polar surface area (TPSA) is 0 Å². The van der Waals surface area contributed by atoms with Crippen LogP contribution in [0.2, 0.25) is 0 Å². The fourth-order valence-corrected chi connectivity index (χ4v) is 1.13. The lowest BCUT2D eigenvalue weighted by molar-refractivity contribution is 0.875. The number of halogens is 2. The molecule has 0 rings (SSSR count). The van der Waals surface area contributed by atoms with Crippen molar-refractivity contribution >= 4 is 45.2 Å². The summed E-state index contributed by atoms with van der Waals surface area (Å²) in [7, 11) is 0. The number of alkyl halides is 2. The maximum absolute atomic E-state index is 2.47. The Morgan fingerprint density at radius 1 is 1.62 bits per heavy atom. The highest BCUT2D eigenvalue weighted by Gasteiger charge is 1.98. The summed E-state index contributed by atoms with van der Waals surface area (Å²) in [5.41, 5.74) is 0. The molecular weight excluding hydrogens is 326 g/mol. The van der Waals surface area contributed by atoms with Crippen molar-refractivity contribution in [3.05, 3.63) is 6.42 Å². The van der Waals surface area contributed by atoms with Crippen LogP contribution in [0.15, 0.2) is 0 Å². The Morgan fingerprint density at radius 2 is 2.25 bits per heavy atom. The molecule has 0 aliphatic rings. The largest absolute Gasteiger partial charge is 0.0852 e. The van der Waals surface area contributed by atoms with E-state index in [0.717, 1.165) is 3.92 Å². The molecule has 0 aliphatic heterocycles. The van der Waals surface area contributed by atoms with Crippen LogP contribution in [0.5, 0.6) is 0 Å². The van der Waals surface area contributed by atoms with Gasteiger partial charge in [-0.05, 0) is 12.8 Å². The van der Waals surface area contributed by atoms with Crippen LogP contribution in [0.25, 0.3) is 0 Å². The van der Waals surface area contributed by atoms with Crippen molar-refractivity contribution in [3.63, 3.8) is 0 Å². The van der Waals surface area contributed by atoms with Crippen molar-refractivity contribution in [3.8, 4) is 0 Å². The molecule has 0 aromatic rings. The van der Waals surface area contributed by atoms with Crippen LogP contribution < -0.4 is 0 Å². The van der Waals surface area contributed by atoms with Crippen molar-refractivity contribution in [2.75, 3.05) is 4.43 Å². The number of rotatable bonds is 4. The van der Waals surface area contributed by atoms with E-state index in [1.54, 1.807) is 0 Å². The van der Waals surface area contributed by atoms with Crippen molar-refractivity contribution in [2.24, 2.45) is 0 Å². The summed E-state index contributed by atoms with van der Waals surface area (Å²) in [4.78, 5) is 0. The minimum atomic E-state index is 0.785. The predicted octanol–water partition coefficient (Wildman–Crippen LogP) is 3.23. The molecule has 1 radical (unpaired) electrons. The van der Waals surface area contributed by atoms with Gasteiger partial charge in [0.05, 0.1) is 0 Å². The Balaban J connectivity index is 2.86. The predicted molar refractivity (Wildman–Crippen MR) is 55.9 cm³/mol. The van der Waals surface area contributed by atoms with E-state index in [1.165, 1.54) is 17.3 Å². The summed E-state index contributed by atoms with van der Waals surface area (Å²) >= 11 is 4.88. The van der Waals surface area contributed by atoms with Crippen molar-refractivity contribution in [1.82, 2.24) is 0 Å². The number of unbranched alkanes of at least 4 members (excludes halogenated alkanes) is 1. The average molecular weight is 337 g/mol. The van der Waals surface area contributed by atoms with E-state index < -0.39 is 0 Å². The molecule has 8 heavy (non-hydrogen) atoms. The number of hydrogen-bond acceptors (Lipinski definition) is 0. The van der Waals surface area contributed by atoms with Gasteiger partial charge in [-0.2, -0.15) is 0 Å². The molecule has 1 unspecified atom stereocenters. The highest BCUT2D eigenvalue weighted by atomic mass is 127. The molecule has 0 aromatic carbocycles. The minimum absolute atomic E-state index is 0.785. The molecule has 2 heteroatoms. The molecule has 0 bridgehead atoms. The molecule has 0 spiro atoms. The van der Waals surface area contributed by atoms with Crippen LogP contribution in [0.1, 0.15) is 19.8 Å². The van der Waals surface area contributed by atoms with Gasteiger partial charge in [0.1, 0.15) is 0 Å². The lowest BCUT2D eigenvalue weighted by atomic mass is 10.2. The van der Waals surface area contributed by atoms with Gasteiger partial charge < -0.3 is 0 Å². The summed E-state index contributed by atoms with van der Waals surface area (Å²) in [6.07, 6.45) is 4.94. The van der Waals surface area contributed by atoms with E-state index >= 15 is 0 Å². The lowest BCUT2D eigenvalue weighted by Gasteiger charge is -2.01. The summed E-state index contributed by atoms with van der Waals surface area (Å²) in [6, 6.07) is 0. The molecule has 0 nitrogen and oxygen atoms in total. The highest BCUT2D eigenvalue weighted by molar-refractivity contribution is 14.1. The third kappa shape index (κ3) is 5.59. The molecule has 0 amide bonds. The van der Waals surface area contributed by atoms with Crippen LogP contribution in [0.4, 0.5) is 0 Å². The van der Waals surface area contributed by atoms with E-state index in [-0.39, 0.29) is 0 Å². The SMILES string of the molecule is CCC[CH]C(I)CI. The van der Waals surface area contributed by atoms with Crippen LogP contribution >= 0.6 is 45.2 Å². The van der Waals surface area contributed by atoms with Gasteiger partial charge in [0, 0.05) is 8.35 Å². The molecule has 49 valence electrons. The monoisotopic (exact) mass is 337 g/mol. The molecule has 0 saturated carbocycles. The van der Waals surface area contributed by atoms with Gasteiger partial charge in [0.15, 0.2) is 0 Å². The first-order valence-corrected chi connectivity index (χ1v) is 5.61. The van der Waals surface area contributed by atoms with Gasteiger partial charge in [-0.3, -0.25) is 0 Å². The Labute approximate surface area is 79.1 Å². The molecule has 0 saturated heterocycles. The van der Waals surface area contributed by atoms with E-state index in [9.17, 15) is 0 Å². The Bertz CT molecular complexity index is 45.8. The molecule has 0 fully saturated rings. The maximum Gasteiger partial charge on any atom is 0.0230 e. The molecule has 1 atom stereocenters. The fourth-order valence-electron chi connectivity index (χ4n) is 0.411.